The van der Waals surface area contributed by atoms with Gasteiger partial charge in [0.2, 0.25) is 5.89 Å². The van der Waals surface area contributed by atoms with Crippen molar-refractivity contribution in [2.75, 3.05) is 0 Å². The molecule has 0 amide bonds. The molecular formula is C18H28N2O. The van der Waals surface area contributed by atoms with E-state index in [1.807, 2.05) is 0 Å². The fourth-order valence-corrected chi connectivity index (χ4v) is 5.83. The van der Waals surface area contributed by atoms with E-state index in [2.05, 4.69) is 17.1 Å². The summed E-state index contributed by atoms with van der Waals surface area (Å²) < 4.78 is 5.46. The molecule has 4 bridgehead atoms. The summed E-state index contributed by atoms with van der Waals surface area (Å²) in [7, 11) is 0. The molecule has 0 unspecified atom stereocenters. The maximum atomic E-state index is 5.46. The fraction of sp³-hybridized carbons (Fsp3) is 0.889. The van der Waals surface area contributed by atoms with Crippen molar-refractivity contribution in [1.82, 2.24) is 10.1 Å². The number of nitrogens with zero attached hydrogens (tertiary/aromatic N) is 2. The Kier molecular flexibility index (Phi) is 3.55. The molecule has 0 atom stereocenters. The van der Waals surface area contributed by atoms with Crippen LogP contribution in [-0.4, -0.2) is 10.1 Å². The topological polar surface area (TPSA) is 38.9 Å². The van der Waals surface area contributed by atoms with Gasteiger partial charge in [0, 0.05) is 12.8 Å². The van der Waals surface area contributed by atoms with E-state index in [1.54, 1.807) is 0 Å². The summed E-state index contributed by atoms with van der Waals surface area (Å²) in [5.74, 6) is 4.87. The summed E-state index contributed by atoms with van der Waals surface area (Å²) in [5, 5.41) is 4.28. The molecule has 4 saturated carbocycles. The molecule has 1 aromatic rings. The lowest BCUT2D eigenvalue weighted by atomic mass is 9.49. The van der Waals surface area contributed by atoms with Crippen molar-refractivity contribution in [3.8, 4) is 0 Å². The lowest BCUT2D eigenvalue weighted by Crippen LogP contribution is -2.47. The minimum Gasteiger partial charge on any atom is -0.339 e. The van der Waals surface area contributed by atoms with E-state index in [4.69, 9.17) is 4.52 Å². The maximum Gasteiger partial charge on any atom is 0.226 e. The van der Waals surface area contributed by atoms with Crippen molar-refractivity contribution in [3.05, 3.63) is 11.7 Å². The monoisotopic (exact) mass is 288 g/mol. The van der Waals surface area contributed by atoms with Crippen molar-refractivity contribution in [3.63, 3.8) is 0 Å². The average molecular weight is 288 g/mol. The Bertz CT molecular complexity index is 458. The van der Waals surface area contributed by atoms with Crippen LogP contribution >= 0.6 is 0 Å². The largest absolute Gasteiger partial charge is 0.339 e. The van der Waals surface area contributed by atoms with Gasteiger partial charge in [-0.3, -0.25) is 0 Å². The van der Waals surface area contributed by atoms with Crippen molar-refractivity contribution in [2.24, 2.45) is 23.2 Å². The standard InChI is InChI=1S/C18H28N2O/c1-2-3-4-5-17-19-16(20-21-17)12-18-9-13-6-14(10-18)8-15(7-13)11-18/h13-15H,2-12H2,1H3. The van der Waals surface area contributed by atoms with Gasteiger partial charge in [-0.05, 0) is 68.1 Å². The predicted octanol–water partition coefficient (Wildman–Crippen LogP) is 4.56. The quantitative estimate of drug-likeness (QED) is 0.720. The van der Waals surface area contributed by atoms with E-state index in [0.717, 1.165) is 42.3 Å². The number of aromatic nitrogens is 2. The third-order valence-corrected chi connectivity index (χ3v) is 6.20. The SMILES string of the molecule is CCCCCc1nc(CC23CC4CC(CC(C4)C2)C3)no1. The highest BCUT2D eigenvalue weighted by Gasteiger charge is 2.51. The van der Waals surface area contributed by atoms with E-state index in [-0.39, 0.29) is 0 Å². The summed E-state index contributed by atoms with van der Waals surface area (Å²) in [5.41, 5.74) is 0.527. The van der Waals surface area contributed by atoms with Gasteiger partial charge in [-0.2, -0.15) is 4.98 Å². The van der Waals surface area contributed by atoms with Crippen molar-refractivity contribution in [2.45, 2.75) is 77.6 Å². The van der Waals surface area contributed by atoms with E-state index in [0.29, 0.717) is 5.41 Å². The van der Waals surface area contributed by atoms with Gasteiger partial charge in [-0.15, -0.1) is 0 Å². The van der Waals surface area contributed by atoms with E-state index in [9.17, 15) is 0 Å². The molecular weight excluding hydrogens is 260 g/mol. The highest BCUT2D eigenvalue weighted by atomic mass is 16.5. The van der Waals surface area contributed by atoms with Crippen LogP contribution in [0, 0.1) is 23.2 Å². The Labute approximate surface area is 127 Å². The number of rotatable bonds is 6. The molecule has 5 rings (SSSR count). The van der Waals surface area contributed by atoms with E-state index in [1.165, 1.54) is 57.8 Å². The highest BCUT2D eigenvalue weighted by molar-refractivity contribution is 5.05. The Morgan fingerprint density at radius 3 is 2.33 bits per heavy atom. The molecule has 4 aliphatic rings. The van der Waals surface area contributed by atoms with E-state index >= 15 is 0 Å². The minimum atomic E-state index is 0.527. The van der Waals surface area contributed by atoms with Gasteiger partial charge in [0.05, 0.1) is 0 Å². The molecule has 4 fully saturated rings. The molecule has 1 aromatic heterocycles. The second kappa shape index (κ2) is 5.40. The van der Waals surface area contributed by atoms with Crippen LogP contribution in [-0.2, 0) is 12.8 Å². The second-order valence-corrected chi connectivity index (χ2v) is 8.16. The number of aryl methyl sites for hydroxylation is 1. The molecule has 0 aliphatic heterocycles. The molecule has 0 aromatic carbocycles. The van der Waals surface area contributed by atoms with Crippen LogP contribution < -0.4 is 0 Å². The zero-order valence-corrected chi connectivity index (χ0v) is 13.3. The van der Waals surface area contributed by atoms with Crippen LogP contribution in [0.3, 0.4) is 0 Å². The van der Waals surface area contributed by atoms with Gasteiger partial charge in [-0.1, -0.05) is 24.9 Å². The average Bonchev–Trinajstić information content (AvgIpc) is 2.84. The Morgan fingerprint density at radius 2 is 1.71 bits per heavy atom. The molecule has 0 saturated heterocycles. The molecule has 21 heavy (non-hydrogen) atoms. The lowest BCUT2D eigenvalue weighted by Gasteiger charge is -2.56. The Morgan fingerprint density at radius 1 is 1.05 bits per heavy atom. The van der Waals surface area contributed by atoms with Crippen LogP contribution in [0.25, 0.3) is 0 Å². The number of unbranched alkanes of at least 4 members (excludes halogenated alkanes) is 2. The molecule has 0 N–H and O–H groups in total. The summed E-state index contributed by atoms with van der Waals surface area (Å²) in [6.45, 7) is 2.23. The summed E-state index contributed by atoms with van der Waals surface area (Å²) in [6, 6.07) is 0. The van der Waals surface area contributed by atoms with Crippen molar-refractivity contribution < 1.29 is 4.52 Å². The zero-order chi connectivity index (χ0) is 14.3. The van der Waals surface area contributed by atoms with Crippen LogP contribution in [0.4, 0.5) is 0 Å². The normalized spacial score (nSPS) is 37.3. The molecule has 1 heterocycles. The molecule has 116 valence electrons. The van der Waals surface area contributed by atoms with Gasteiger partial charge in [0.25, 0.3) is 0 Å². The first-order valence-corrected chi connectivity index (χ1v) is 9.06. The Hall–Kier alpha value is -0.860. The van der Waals surface area contributed by atoms with Crippen LogP contribution in [0.15, 0.2) is 4.52 Å². The third-order valence-electron chi connectivity index (χ3n) is 6.20. The summed E-state index contributed by atoms with van der Waals surface area (Å²) >= 11 is 0. The summed E-state index contributed by atoms with van der Waals surface area (Å²) in [4.78, 5) is 4.68. The smallest absolute Gasteiger partial charge is 0.226 e. The molecule has 4 aliphatic carbocycles. The number of hydrogen-bond acceptors (Lipinski definition) is 3. The van der Waals surface area contributed by atoms with Crippen molar-refractivity contribution in [1.29, 1.82) is 0 Å². The highest BCUT2D eigenvalue weighted by Crippen LogP contribution is 2.60. The fourth-order valence-electron chi connectivity index (χ4n) is 5.83. The molecule has 0 radical (unpaired) electrons. The molecule has 0 spiro atoms. The molecule has 3 heteroatoms. The predicted molar refractivity (Wildman–Crippen MR) is 81.8 cm³/mol. The van der Waals surface area contributed by atoms with Gasteiger partial charge in [0.1, 0.15) is 0 Å². The first-order chi connectivity index (χ1) is 10.2. The maximum absolute atomic E-state index is 5.46. The zero-order valence-electron chi connectivity index (χ0n) is 13.3. The second-order valence-electron chi connectivity index (χ2n) is 8.16. The third kappa shape index (κ3) is 2.76. The first kappa shape index (κ1) is 13.8. The first-order valence-electron chi connectivity index (χ1n) is 9.06. The van der Waals surface area contributed by atoms with Gasteiger partial charge in [-0.25, -0.2) is 0 Å². The van der Waals surface area contributed by atoms with Gasteiger partial charge >= 0.3 is 0 Å². The summed E-state index contributed by atoms with van der Waals surface area (Å²) in [6.07, 6.45) is 14.5. The van der Waals surface area contributed by atoms with Gasteiger partial charge < -0.3 is 4.52 Å². The van der Waals surface area contributed by atoms with Crippen LogP contribution in [0.1, 0.15) is 76.4 Å². The van der Waals surface area contributed by atoms with Gasteiger partial charge in [0.15, 0.2) is 5.82 Å². The van der Waals surface area contributed by atoms with E-state index < -0.39 is 0 Å². The number of hydrogen-bond donors (Lipinski definition) is 0. The molecule has 3 nitrogen and oxygen atoms in total. The van der Waals surface area contributed by atoms with Crippen LogP contribution in [0.2, 0.25) is 0 Å². The Balaban J connectivity index is 1.41. The minimum absolute atomic E-state index is 0.527. The van der Waals surface area contributed by atoms with Crippen molar-refractivity contribution >= 4 is 0 Å². The van der Waals surface area contributed by atoms with Crippen LogP contribution in [0.5, 0.6) is 0 Å². The lowest BCUT2D eigenvalue weighted by molar-refractivity contribution is -0.0533.